The second-order valence-electron chi connectivity index (χ2n) is 6.51. The molecule has 3 aromatic carbocycles. The molecule has 0 fully saturated rings. The van der Waals surface area contributed by atoms with Gasteiger partial charge in [0.2, 0.25) is 0 Å². The summed E-state index contributed by atoms with van der Waals surface area (Å²) in [5.74, 6) is -0.375. The first-order valence-electron chi connectivity index (χ1n) is 8.92. The Balaban J connectivity index is 1.68. The van der Waals surface area contributed by atoms with Crippen molar-refractivity contribution < 1.29 is 9.72 Å². The lowest BCUT2D eigenvalue weighted by atomic mass is 10.1. The Morgan fingerprint density at radius 2 is 1.57 bits per heavy atom. The van der Waals surface area contributed by atoms with E-state index in [1.165, 1.54) is 17.7 Å². The third-order valence-corrected chi connectivity index (χ3v) is 4.57. The van der Waals surface area contributed by atoms with Gasteiger partial charge in [-0.2, -0.15) is 0 Å². The van der Waals surface area contributed by atoms with Crippen LogP contribution in [0.5, 0.6) is 0 Å². The number of nitro benzene ring substituents is 1. The van der Waals surface area contributed by atoms with Crippen LogP contribution < -0.4 is 10.6 Å². The molecule has 0 aromatic heterocycles. The van der Waals surface area contributed by atoms with Gasteiger partial charge in [-0.05, 0) is 49.7 Å². The van der Waals surface area contributed by atoms with Crippen molar-refractivity contribution in [2.75, 3.05) is 10.6 Å². The minimum Gasteiger partial charge on any atom is -0.379 e. The predicted octanol–water partition coefficient (Wildman–Crippen LogP) is 5.33. The summed E-state index contributed by atoms with van der Waals surface area (Å²) in [6, 6.07) is 22.1. The number of anilines is 2. The number of nitrogens with one attached hydrogen (secondary N) is 2. The molecule has 1 atom stereocenters. The lowest BCUT2D eigenvalue weighted by Gasteiger charge is -2.16. The molecule has 3 rings (SSSR count). The van der Waals surface area contributed by atoms with E-state index in [0.717, 1.165) is 5.69 Å². The average Bonchev–Trinajstić information content (AvgIpc) is 2.70. The van der Waals surface area contributed by atoms with Gasteiger partial charge < -0.3 is 10.6 Å². The van der Waals surface area contributed by atoms with Gasteiger partial charge in [0.15, 0.2) is 0 Å². The molecule has 1 unspecified atom stereocenters. The van der Waals surface area contributed by atoms with Crippen molar-refractivity contribution in [1.82, 2.24) is 0 Å². The van der Waals surface area contributed by atoms with Crippen molar-refractivity contribution in [3.05, 3.63) is 99.6 Å². The summed E-state index contributed by atoms with van der Waals surface area (Å²) in [5, 5.41) is 17.2. The van der Waals surface area contributed by atoms with Crippen LogP contribution in [0.25, 0.3) is 0 Å². The number of hydrogen-bond donors (Lipinski definition) is 2. The zero-order valence-corrected chi connectivity index (χ0v) is 15.7. The van der Waals surface area contributed by atoms with Crippen LogP contribution in [0.1, 0.15) is 34.5 Å². The van der Waals surface area contributed by atoms with E-state index in [0.29, 0.717) is 11.3 Å². The third kappa shape index (κ3) is 4.35. The molecule has 142 valence electrons. The highest BCUT2D eigenvalue weighted by atomic mass is 16.6. The van der Waals surface area contributed by atoms with Gasteiger partial charge in [-0.15, -0.1) is 0 Å². The molecule has 0 bridgehead atoms. The van der Waals surface area contributed by atoms with Crippen molar-refractivity contribution in [1.29, 1.82) is 0 Å². The molecule has 0 heterocycles. The summed E-state index contributed by atoms with van der Waals surface area (Å²) in [6.45, 7) is 3.65. The Kier molecular flexibility index (Phi) is 5.69. The van der Waals surface area contributed by atoms with E-state index in [1.54, 1.807) is 25.1 Å². The highest BCUT2D eigenvalue weighted by Crippen LogP contribution is 2.23. The van der Waals surface area contributed by atoms with E-state index in [4.69, 9.17) is 0 Å². The Hall–Kier alpha value is -3.67. The zero-order valence-electron chi connectivity index (χ0n) is 15.7. The van der Waals surface area contributed by atoms with Crippen LogP contribution in [0.15, 0.2) is 72.8 Å². The minimum atomic E-state index is -0.486. The van der Waals surface area contributed by atoms with Crippen LogP contribution in [-0.4, -0.2) is 10.8 Å². The first kappa shape index (κ1) is 19.1. The Labute approximate surface area is 163 Å². The SMILES string of the molecule is Cc1c(C(=O)Nc2ccc(NC(C)c3ccccc3)cc2)cccc1[N+](=O)[O-]. The van der Waals surface area contributed by atoms with Crippen LogP contribution in [0.2, 0.25) is 0 Å². The maximum Gasteiger partial charge on any atom is 0.273 e. The normalized spacial score (nSPS) is 11.5. The van der Waals surface area contributed by atoms with E-state index in [1.807, 2.05) is 30.3 Å². The van der Waals surface area contributed by atoms with Gasteiger partial charge in [0.1, 0.15) is 0 Å². The van der Waals surface area contributed by atoms with Gasteiger partial charge in [-0.3, -0.25) is 14.9 Å². The molecule has 0 radical (unpaired) electrons. The zero-order chi connectivity index (χ0) is 20.1. The lowest BCUT2D eigenvalue weighted by molar-refractivity contribution is -0.385. The van der Waals surface area contributed by atoms with E-state index in [9.17, 15) is 14.9 Å². The molecule has 2 N–H and O–H groups in total. The Morgan fingerprint density at radius 3 is 2.21 bits per heavy atom. The van der Waals surface area contributed by atoms with Gasteiger partial charge in [0, 0.05) is 34.6 Å². The van der Waals surface area contributed by atoms with Crippen LogP contribution in [0, 0.1) is 17.0 Å². The highest BCUT2D eigenvalue weighted by molar-refractivity contribution is 6.05. The van der Waals surface area contributed by atoms with Gasteiger partial charge >= 0.3 is 0 Å². The summed E-state index contributed by atoms with van der Waals surface area (Å²) < 4.78 is 0. The minimum absolute atomic E-state index is 0.0675. The van der Waals surface area contributed by atoms with Crippen molar-refractivity contribution in [2.45, 2.75) is 19.9 Å². The summed E-state index contributed by atoms with van der Waals surface area (Å²) in [7, 11) is 0. The second kappa shape index (κ2) is 8.35. The summed E-state index contributed by atoms with van der Waals surface area (Å²) in [6.07, 6.45) is 0. The maximum atomic E-state index is 12.5. The molecule has 0 aliphatic carbocycles. The third-order valence-electron chi connectivity index (χ3n) is 4.57. The molecule has 6 nitrogen and oxygen atoms in total. The maximum absolute atomic E-state index is 12.5. The van der Waals surface area contributed by atoms with Crippen molar-refractivity contribution in [3.63, 3.8) is 0 Å². The summed E-state index contributed by atoms with van der Waals surface area (Å²) >= 11 is 0. The molecule has 0 aliphatic rings. The molecule has 1 amide bonds. The number of carbonyl (C=O) groups excluding carboxylic acids is 1. The molecule has 0 aliphatic heterocycles. The molecule has 6 heteroatoms. The van der Waals surface area contributed by atoms with Crippen LogP contribution in [0.3, 0.4) is 0 Å². The summed E-state index contributed by atoms with van der Waals surface area (Å²) in [5.41, 5.74) is 3.30. The fourth-order valence-corrected chi connectivity index (χ4v) is 2.99. The smallest absolute Gasteiger partial charge is 0.273 e. The number of carbonyl (C=O) groups is 1. The monoisotopic (exact) mass is 375 g/mol. The summed E-state index contributed by atoms with van der Waals surface area (Å²) in [4.78, 5) is 23.1. The van der Waals surface area contributed by atoms with Crippen LogP contribution in [-0.2, 0) is 0 Å². The van der Waals surface area contributed by atoms with Crippen LogP contribution >= 0.6 is 0 Å². The molecule has 3 aromatic rings. The van der Waals surface area contributed by atoms with Gasteiger partial charge in [-0.1, -0.05) is 36.4 Å². The number of rotatable bonds is 6. The molecular formula is C22H21N3O3. The Morgan fingerprint density at radius 1 is 0.929 bits per heavy atom. The standard InChI is InChI=1S/C22H21N3O3/c1-15-20(9-6-10-21(15)25(27)28)22(26)24-19-13-11-18(12-14-19)23-16(2)17-7-4-3-5-8-17/h3-14,16,23H,1-2H3,(H,24,26). The number of amides is 1. The molecule has 28 heavy (non-hydrogen) atoms. The van der Waals surface area contributed by atoms with Gasteiger partial charge in [0.05, 0.1) is 4.92 Å². The molecule has 0 saturated carbocycles. The van der Waals surface area contributed by atoms with Crippen molar-refractivity contribution >= 4 is 23.0 Å². The van der Waals surface area contributed by atoms with Gasteiger partial charge in [-0.25, -0.2) is 0 Å². The van der Waals surface area contributed by atoms with Crippen LogP contribution in [0.4, 0.5) is 17.1 Å². The van der Waals surface area contributed by atoms with Gasteiger partial charge in [0.25, 0.3) is 11.6 Å². The fraction of sp³-hybridized carbons (Fsp3) is 0.136. The fourth-order valence-electron chi connectivity index (χ4n) is 2.99. The molecule has 0 spiro atoms. The Bertz CT molecular complexity index is 986. The first-order chi connectivity index (χ1) is 13.5. The number of nitro groups is 1. The molecular weight excluding hydrogens is 354 g/mol. The second-order valence-corrected chi connectivity index (χ2v) is 6.51. The first-order valence-corrected chi connectivity index (χ1v) is 8.92. The highest BCUT2D eigenvalue weighted by Gasteiger charge is 2.18. The van der Waals surface area contributed by atoms with E-state index in [-0.39, 0.29) is 23.2 Å². The lowest BCUT2D eigenvalue weighted by Crippen LogP contribution is -2.14. The number of hydrogen-bond acceptors (Lipinski definition) is 4. The van der Waals surface area contributed by atoms with E-state index in [2.05, 4.69) is 29.7 Å². The molecule has 0 saturated heterocycles. The average molecular weight is 375 g/mol. The van der Waals surface area contributed by atoms with Crippen molar-refractivity contribution in [2.24, 2.45) is 0 Å². The predicted molar refractivity (Wildman–Crippen MR) is 111 cm³/mol. The van der Waals surface area contributed by atoms with E-state index >= 15 is 0 Å². The number of nitrogens with zero attached hydrogens (tertiary/aromatic N) is 1. The van der Waals surface area contributed by atoms with E-state index < -0.39 is 4.92 Å². The van der Waals surface area contributed by atoms with Crippen molar-refractivity contribution in [3.8, 4) is 0 Å². The largest absolute Gasteiger partial charge is 0.379 e. The number of benzene rings is 3. The topological polar surface area (TPSA) is 84.3 Å². The quantitative estimate of drug-likeness (QED) is 0.450.